The van der Waals surface area contributed by atoms with E-state index in [-0.39, 0.29) is 0 Å². The summed E-state index contributed by atoms with van der Waals surface area (Å²) in [6, 6.07) is 9.47. The van der Waals surface area contributed by atoms with Crippen LogP contribution in [-0.2, 0) is 0 Å². The molecule has 1 aromatic rings. The average Bonchev–Trinajstić information content (AvgIpc) is 2.84. The predicted molar refractivity (Wildman–Crippen MR) is 85.4 cm³/mol. The van der Waals surface area contributed by atoms with E-state index in [0.29, 0.717) is 12.0 Å². The normalized spacial score (nSPS) is 25.9. The maximum absolute atomic E-state index is 5.66. The van der Waals surface area contributed by atoms with E-state index in [1.807, 2.05) is 0 Å². The molecular weight excluding hydrogens is 246 g/mol. The van der Waals surface area contributed by atoms with E-state index in [1.54, 1.807) is 0 Å². The van der Waals surface area contributed by atoms with Gasteiger partial charge < -0.3 is 10.1 Å². The van der Waals surface area contributed by atoms with Gasteiger partial charge >= 0.3 is 0 Å². The van der Waals surface area contributed by atoms with Crippen LogP contribution in [0.25, 0.3) is 0 Å². The van der Waals surface area contributed by atoms with Gasteiger partial charge in [-0.05, 0) is 61.8 Å². The molecule has 0 amide bonds. The van der Waals surface area contributed by atoms with Crippen molar-refractivity contribution in [3.8, 4) is 5.75 Å². The van der Waals surface area contributed by atoms with E-state index >= 15 is 0 Å². The standard InChI is InChI=1S/C18H29NO/c1-4-12-19-18-11-10-17(14(18)3)15-6-8-16(9-7-15)20-13-5-2/h6-9,14,17-19H,4-5,10-13H2,1-3H3. The summed E-state index contributed by atoms with van der Waals surface area (Å²) in [7, 11) is 0. The molecule has 0 heterocycles. The van der Waals surface area contributed by atoms with E-state index in [4.69, 9.17) is 4.74 Å². The molecule has 1 saturated carbocycles. The van der Waals surface area contributed by atoms with Gasteiger partial charge in [-0.15, -0.1) is 0 Å². The van der Waals surface area contributed by atoms with Crippen LogP contribution >= 0.6 is 0 Å². The second kappa shape index (κ2) is 7.68. The maximum atomic E-state index is 5.66. The quantitative estimate of drug-likeness (QED) is 0.798. The van der Waals surface area contributed by atoms with Crippen molar-refractivity contribution in [1.82, 2.24) is 5.32 Å². The molecule has 2 heteroatoms. The minimum absolute atomic E-state index is 0.691. The van der Waals surface area contributed by atoms with Crippen molar-refractivity contribution in [2.24, 2.45) is 5.92 Å². The Morgan fingerprint density at radius 1 is 1.10 bits per heavy atom. The molecule has 1 fully saturated rings. The van der Waals surface area contributed by atoms with Crippen molar-refractivity contribution in [3.05, 3.63) is 29.8 Å². The van der Waals surface area contributed by atoms with Crippen molar-refractivity contribution in [2.45, 2.75) is 58.4 Å². The second-order valence-electron chi connectivity index (χ2n) is 6.02. The molecule has 0 bridgehead atoms. The third-order valence-corrected chi connectivity index (χ3v) is 4.50. The minimum Gasteiger partial charge on any atom is -0.494 e. The first kappa shape index (κ1) is 15.4. The summed E-state index contributed by atoms with van der Waals surface area (Å²) in [5.74, 6) is 2.43. The minimum atomic E-state index is 0.691. The lowest BCUT2D eigenvalue weighted by Crippen LogP contribution is -2.32. The van der Waals surface area contributed by atoms with Gasteiger partial charge in [-0.1, -0.05) is 32.9 Å². The third kappa shape index (κ3) is 3.76. The highest BCUT2D eigenvalue weighted by Crippen LogP contribution is 2.39. The summed E-state index contributed by atoms with van der Waals surface area (Å²) < 4.78 is 5.66. The summed E-state index contributed by atoms with van der Waals surface area (Å²) in [5, 5.41) is 3.70. The van der Waals surface area contributed by atoms with Gasteiger partial charge in [0.05, 0.1) is 6.61 Å². The number of rotatable bonds is 7. The summed E-state index contributed by atoms with van der Waals surface area (Å²) >= 11 is 0. The molecule has 3 unspecified atom stereocenters. The Balaban J connectivity index is 1.94. The fourth-order valence-corrected chi connectivity index (χ4v) is 3.28. The lowest BCUT2D eigenvalue weighted by molar-refractivity contribution is 0.317. The fourth-order valence-electron chi connectivity index (χ4n) is 3.28. The highest BCUT2D eigenvalue weighted by atomic mass is 16.5. The molecule has 1 N–H and O–H groups in total. The zero-order valence-corrected chi connectivity index (χ0v) is 13.2. The molecule has 2 nitrogen and oxygen atoms in total. The van der Waals surface area contributed by atoms with Crippen LogP contribution in [0.2, 0.25) is 0 Å². The first-order valence-corrected chi connectivity index (χ1v) is 8.22. The number of hydrogen-bond acceptors (Lipinski definition) is 2. The molecule has 2 rings (SSSR count). The summed E-state index contributed by atoms with van der Waals surface area (Å²) in [6.45, 7) is 8.72. The molecule has 3 atom stereocenters. The van der Waals surface area contributed by atoms with Gasteiger partial charge in [0.2, 0.25) is 0 Å². The van der Waals surface area contributed by atoms with Gasteiger partial charge in [0.1, 0.15) is 5.75 Å². The molecule has 0 saturated heterocycles. The van der Waals surface area contributed by atoms with Crippen LogP contribution in [0, 0.1) is 5.92 Å². The molecule has 0 radical (unpaired) electrons. The summed E-state index contributed by atoms with van der Waals surface area (Å²) in [4.78, 5) is 0. The molecule has 0 aliphatic heterocycles. The molecule has 20 heavy (non-hydrogen) atoms. The van der Waals surface area contributed by atoms with Gasteiger partial charge in [-0.25, -0.2) is 0 Å². The monoisotopic (exact) mass is 275 g/mol. The van der Waals surface area contributed by atoms with E-state index in [0.717, 1.165) is 31.2 Å². The predicted octanol–water partition coefficient (Wildman–Crippen LogP) is 4.36. The third-order valence-electron chi connectivity index (χ3n) is 4.50. The summed E-state index contributed by atoms with van der Waals surface area (Å²) in [5.41, 5.74) is 1.47. The first-order chi connectivity index (χ1) is 9.76. The Bertz CT molecular complexity index is 387. The second-order valence-corrected chi connectivity index (χ2v) is 6.02. The lowest BCUT2D eigenvalue weighted by atomic mass is 9.89. The maximum Gasteiger partial charge on any atom is 0.119 e. The topological polar surface area (TPSA) is 21.3 Å². The van der Waals surface area contributed by atoms with E-state index in [2.05, 4.69) is 50.4 Å². The number of hydrogen-bond donors (Lipinski definition) is 1. The van der Waals surface area contributed by atoms with Crippen LogP contribution in [0.4, 0.5) is 0 Å². The van der Waals surface area contributed by atoms with Gasteiger partial charge in [-0.3, -0.25) is 0 Å². The zero-order valence-electron chi connectivity index (χ0n) is 13.2. The van der Waals surface area contributed by atoms with Crippen molar-refractivity contribution >= 4 is 0 Å². The van der Waals surface area contributed by atoms with Crippen LogP contribution in [0.15, 0.2) is 24.3 Å². The Kier molecular flexibility index (Phi) is 5.90. The Morgan fingerprint density at radius 3 is 2.50 bits per heavy atom. The van der Waals surface area contributed by atoms with E-state index < -0.39 is 0 Å². The van der Waals surface area contributed by atoms with Gasteiger partial charge in [0.15, 0.2) is 0 Å². The van der Waals surface area contributed by atoms with E-state index in [1.165, 1.54) is 24.8 Å². The molecule has 1 aliphatic rings. The van der Waals surface area contributed by atoms with Crippen molar-refractivity contribution in [2.75, 3.05) is 13.2 Å². The smallest absolute Gasteiger partial charge is 0.119 e. The molecule has 0 aromatic heterocycles. The molecule has 0 spiro atoms. The molecule has 1 aliphatic carbocycles. The largest absolute Gasteiger partial charge is 0.494 e. The van der Waals surface area contributed by atoms with Crippen LogP contribution in [0.1, 0.15) is 57.9 Å². The number of ether oxygens (including phenoxy) is 1. The van der Waals surface area contributed by atoms with Crippen molar-refractivity contribution in [3.63, 3.8) is 0 Å². The number of benzene rings is 1. The highest BCUT2D eigenvalue weighted by molar-refractivity contribution is 5.30. The SMILES string of the molecule is CCCNC1CCC(c2ccc(OCCC)cc2)C1C. The average molecular weight is 275 g/mol. The van der Waals surface area contributed by atoms with Gasteiger partial charge in [0.25, 0.3) is 0 Å². The lowest BCUT2D eigenvalue weighted by Gasteiger charge is -2.22. The van der Waals surface area contributed by atoms with Crippen LogP contribution in [0.3, 0.4) is 0 Å². The molecule has 1 aromatic carbocycles. The van der Waals surface area contributed by atoms with Crippen molar-refractivity contribution < 1.29 is 4.74 Å². The van der Waals surface area contributed by atoms with Crippen molar-refractivity contribution in [1.29, 1.82) is 0 Å². The van der Waals surface area contributed by atoms with Crippen LogP contribution < -0.4 is 10.1 Å². The first-order valence-electron chi connectivity index (χ1n) is 8.22. The number of nitrogens with one attached hydrogen (secondary N) is 1. The van der Waals surface area contributed by atoms with Crippen LogP contribution in [-0.4, -0.2) is 19.2 Å². The Morgan fingerprint density at radius 2 is 1.85 bits per heavy atom. The van der Waals surface area contributed by atoms with E-state index in [9.17, 15) is 0 Å². The summed E-state index contributed by atoms with van der Waals surface area (Å²) in [6.07, 6.45) is 4.89. The highest BCUT2D eigenvalue weighted by Gasteiger charge is 2.33. The molecular formula is C18H29NO. The Labute approximate surface area is 123 Å². The fraction of sp³-hybridized carbons (Fsp3) is 0.667. The Hall–Kier alpha value is -1.02. The van der Waals surface area contributed by atoms with Crippen LogP contribution in [0.5, 0.6) is 5.75 Å². The molecule has 112 valence electrons. The van der Waals surface area contributed by atoms with Gasteiger partial charge in [-0.2, -0.15) is 0 Å². The van der Waals surface area contributed by atoms with Gasteiger partial charge in [0, 0.05) is 6.04 Å². The zero-order chi connectivity index (χ0) is 14.4.